The molecule has 1 aromatic rings. The molecule has 0 heterocycles. The lowest BCUT2D eigenvalue weighted by molar-refractivity contribution is -0.168. The van der Waals surface area contributed by atoms with Crippen molar-refractivity contribution in [2.45, 2.75) is 45.8 Å². The Morgan fingerprint density at radius 3 is 2.43 bits per heavy atom. The van der Waals surface area contributed by atoms with E-state index < -0.39 is 5.54 Å². The number of nitrogens with two attached hydrogens (primary N) is 1. The molecule has 0 aliphatic heterocycles. The molecule has 0 spiro atoms. The van der Waals surface area contributed by atoms with Gasteiger partial charge >= 0.3 is 0 Å². The van der Waals surface area contributed by atoms with Crippen LogP contribution in [-0.2, 0) is 9.53 Å². The van der Waals surface area contributed by atoms with Crippen molar-refractivity contribution >= 4 is 11.6 Å². The van der Waals surface area contributed by atoms with Gasteiger partial charge in [0.05, 0.1) is 6.10 Å². The van der Waals surface area contributed by atoms with E-state index in [4.69, 9.17) is 10.5 Å². The molecule has 2 atom stereocenters. The van der Waals surface area contributed by atoms with Gasteiger partial charge in [-0.1, -0.05) is 31.5 Å². The number of hydrogen-bond acceptors (Lipinski definition) is 3. The molecule has 2 N–H and O–H groups in total. The van der Waals surface area contributed by atoms with Gasteiger partial charge in [-0.3, -0.25) is 4.79 Å². The second-order valence-electron chi connectivity index (χ2n) is 6.54. The molecule has 0 bridgehead atoms. The Morgan fingerprint density at radius 2 is 1.95 bits per heavy atom. The van der Waals surface area contributed by atoms with E-state index >= 15 is 0 Å². The molecule has 1 saturated carbocycles. The van der Waals surface area contributed by atoms with E-state index in [1.165, 1.54) is 5.56 Å². The van der Waals surface area contributed by atoms with Gasteiger partial charge < -0.3 is 15.4 Å². The average Bonchev–Trinajstić information content (AvgIpc) is 2.46. The van der Waals surface area contributed by atoms with E-state index in [9.17, 15) is 4.79 Å². The molecule has 1 amide bonds. The molecule has 1 aliphatic carbocycles. The number of benzene rings is 1. The number of hydrogen-bond donors (Lipinski definition) is 1. The summed E-state index contributed by atoms with van der Waals surface area (Å²) in [5, 5.41) is 0. The lowest BCUT2D eigenvalue weighted by Gasteiger charge is -2.58. The average molecular weight is 290 g/mol. The highest BCUT2D eigenvalue weighted by Crippen LogP contribution is 2.50. The maximum atomic E-state index is 12.8. The van der Waals surface area contributed by atoms with E-state index in [0.717, 1.165) is 5.69 Å². The fourth-order valence-corrected chi connectivity index (χ4v) is 2.98. The number of ether oxygens (including phenoxy) is 1. The van der Waals surface area contributed by atoms with Crippen LogP contribution in [-0.4, -0.2) is 31.2 Å². The Hall–Kier alpha value is -1.39. The molecule has 0 aromatic heterocycles. The Kier molecular flexibility index (Phi) is 4.13. The van der Waals surface area contributed by atoms with Crippen LogP contribution in [0.4, 0.5) is 5.69 Å². The number of aryl methyl sites for hydroxylation is 1. The van der Waals surface area contributed by atoms with Crippen LogP contribution in [0.2, 0.25) is 0 Å². The zero-order chi connectivity index (χ0) is 15.8. The van der Waals surface area contributed by atoms with Crippen LogP contribution in [0.25, 0.3) is 0 Å². The van der Waals surface area contributed by atoms with Crippen LogP contribution in [0.3, 0.4) is 0 Å². The van der Waals surface area contributed by atoms with E-state index in [1.807, 2.05) is 52.0 Å². The molecular formula is C17H26N2O2. The molecule has 4 heteroatoms. The van der Waals surface area contributed by atoms with Crippen LogP contribution >= 0.6 is 0 Å². The lowest BCUT2D eigenvalue weighted by atomic mass is 9.54. The summed E-state index contributed by atoms with van der Waals surface area (Å²) in [7, 11) is 1.78. The Balaban J connectivity index is 2.18. The third kappa shape index (κ3) is 2.47. The van der Waals surface area contributed by atoms with Crippen molar-refractivity contribution in [3.63, 3.8) is 0 Å². The smallest absolute Gasteiger partial charge is 0.247 e. The zero-order valence-corrected chi connectivity index (χ0v) is 13.6. The van der Waals surface area contributed by atoms with Gasteiger partial charge in [0, 0.05) is 31.2 Å². The van der Waals surface area contributed by atoms with Crippen molar-refractivity contribution in [2.75, 3.05) is 18.6 Å². The Bertz CT molecular complexity index is 524. The molecule has 21 heavy (non-hydrogen) atoms. The first-order valence-electron chi connectivity index (χ1n) is 7.49. The molecule has 4 nitrogen and oxygen atoms in total. The SMILES string of the molecule is CCOC1CC(N)(C(=O)N(C)c2ccc(C)cc2)C1(C)C. The quantitative estimate of drug-likeness (QED) is 0.927. The van der Waals surface area contributed by atoms with Gasteiger partial charge in [0.25, 0.3) is 0 Å². The third-order valence-corrected chi connectivity index (χ3v) is 4.94. The minimum absolute atomic E-state index is 0.0443. The monoisotopic (exact) mass is 290 g/mol. The molecule has 0 saturated heterocycles. The molecule has 1 aromatic carbocycles. The summed E-state index contributed by atoms with van der Waals surface area (Å²) in [4.78, 5) is 14.5. The summed E-state index contributed by atoms with van der Waals surface area (Å²) in [5.74, 6) is -0.0488. The highest BCUT2D eigenvalue weighted by molar-refractivity contribution is 6.01. The first-order chi connectivity index (χ1) is 9.74. The predicted octanol–water partition coefficient (Wildman–Crippen LogP) is 2.49. The Labute approximate surface area is 127 Å². The number of amides is 1. The molecule has 2 unspecified atom stereocenters. The summed E-state index contributed by atoms with van der Waals surface area (Å²) in [6, 6.07) is 7.89. The van der Waals surface area contributed by atoms with Crippen LogP contribution in [0, 0.1) is 12.3 Å². The summed E-state index contributed by atoms with van der Waals surface area (Å²) < 4.78 is 5.69. The van der Waals surface area contributed by atoms with Crippen molar-refractivity contribution < 1.29 is 9.53 Å². The minimum atomic E-state index is -0.869. The van der Waals surface area contributed by atoms with E-state index in [1.54, 1.807) is 11.9 Å². The minimum Gasteiger partial charge on any atom is -0.378 e. The number of anilines is 1. The highest BCUT2D eigenvalue weighted by atomic mass is 16.5. The number of likely N-dealkylation sites (N-methyl/N-ethyl adjacent to an activating group) is 1. The summed E-state index contributed by atoms with van der Waals surface area (Å²) in [5.41, 5.74) is 7.25. The van der Waals surface area contributed by atoms with E-state index in [-0.39, 0.29) is 17.4 Å². The van der Waals surface area contributed by atoms with Crippen LogP contribution in [0.15, 0.2) is 24.3 Å². The maximum absolute atomic E-state index is 12.8. The van der Waals surface area contributed by atoms with Crippen molar-refractivity contribution in [3.05, 3.63) is 29.8 Å². The van der Waals surface area contributed by atoms with Gasteiger partial charge in [0.15, 0.2) is 0 Å². The van der Waals surface area contributed by atoms with Gasteiger partial charge in [-0.05, 0) is 26.0 Å². The molecule has 2 rings (SSSR count). The van der Waals surface area contributed by atoms with E-state index in [2.05, 4.69) is 0 Å². The number of rotatable bonds is 4. The standard InChI is InChI=1S/C17H26N2O2/c1-6-21-14-11-17(18,16(14,3)4)15(20)19(5)13-9-7-12(2)8-10-13/h7-10,14H,6,11,18H2,1-5H3. The lowest BCUT2D eigenvalue weighted by Crippen LogP contribution is -2.75. The molecule has 116 valence electrons. The van der Waals surface area contributed by atoms with Crippen LogP contribution < -0.4 is 10.6 Å². The predicted molar refractivity (Wildman–Crippen MR) is 85.3 cm³/mol. The summed E-state index contributed by atoms with van der Waals surface area (Å²) >= 11 is 0. The largest absolute Gasteiger partial charge is 0.378 e. The first-order valence-corrected chi connectivity index (χ1v) is 7.49. The molecule has 0 radical (unpaired) electrons. The molecule has 1 aliphatic rings. The second kappa shape index (κ2) is 5.43. The fraction of sp³-hybridized carbons (Fsp3) is 0.588. The second-order valence-corrected chi connectivity index (χ2v) is 6.54. The number of carbonyl (C=O) groups excluding carboxylic acids is 1. The molecular weight excluding hydrogens is 264 g/mol. The van der Waals surface area contributed by atoms with Crippen molar-refractivity contribution in [1.82, 2.24) is 0 Å². The fourth-order valence-electron chi connectivity index (χ4n) is 2.98. The normalized spacial score (nSPS) is 27.0. The van der Waals surface area contributed by atoms with Gasteiger partial charge in [-0.25, -0.2) is 0 Å². The van der Waals surface area contributed by atoms with Crippen molar-refractivity contribution in [1.29, 1.82) is 0 Å². The van der Waals surface area contributed by atoms with Crippen LogP contribution in [0.5, 0.6) is 0 Å². The highest BCUT2D eigenvalue weighted by Gasteiger charge is 2.63. The van der Waals surface area contributed by atoms with E-state index in [0.29, 0.717) is 13.0 Å². The molecule has 1 fully saturated rings. The van der Waals surface area contributed by atoms with Gasteiger partial charge in [0.2, 0.25) is 5.91 Å². The summed E-state index contributed by atoms with van der Waals surface area (Å²) in [6.07, 6.45) is 0.617. The van der Waals surface area contributed by atoms with Crippen LogP contribution in [0.1, 0.15) is 32.8 Å². The van der Waals surface area contributed by atoms with Gasteiger partial charge in [-0.15, -0.1) is 0 Å². The van der Waals surface area contributed by atoms with Gasteiger partial charge in [0.1, 0.15) is 5.54 Å². The number of nitrogens with zero attached hydrogens (tertiary/aromatic N) is 1. The van der Waals surface area contributed by atoms with Crippen molar-refractivity contribution in [3.8, 4) is 0 Å². The third-order valence-electron chi connectivity index (χ3n) is 4.94. The Morgan fingerprint density at radius 1 is 1.38 bits per heavy atom. The van der Waals surface area contributed by atoms with Gasteiger partial charge in [-0.2, -0.15) is 0 Å². The summed E-state index contributed by atoms with van der Waals surface area (Å²) in [6.45, 7) is 8.66. The van der Waals surface area contributed by atoms with Crippen molar-refractivity contribution in [2.24, 2.45) is 11.1 Å². The topological polar surface area (TPSA) is 55.6 Å². The number of carbonyl (C=O) groups is 1. The zero-order valence-electron chi connectivity index (χ0n) is 13.6. The first kappa shape index (κ1) is 16.0. The maximum Gasteiger partial charge on any atom is 0.247 e.